The van der Waals surface area contributed by atoms with E-state index in [-0.39, 0.29) is 25.3 Å². The Bertz CT molecular complexity index is 782. The molecule has 0 saturated heterocycles. The number of hydroxylamine groups is 1. The van der Waals surface area contributed by atoms with Crippen molar-refractivity contribution in [3.05, 3.63) is 60.2 Å². The average Bonchev–Trinajstić information content (AvgIpc) is 2.77. The third kappa shape index (κ3) is 7.92. The maximum Gasteiger partial charge on any atom is 0.342 e. The van der Waals surface area contributed by atoms with Gasteiger partial charge in [0.1, 0.15) is 30.9 Å². The second-order valence-electron chi connectivity index (χ2n) is 6.82. The number of nitrogens with two attached hydrogens (primary N) is 1. The van der Waals surface area contributed by atoms with E-state index < -0.39 is 11.8 Å². The van der Waals surface area contributed by atoms with Crippen LogP contribution in [0.4, 0.5) is 0 Å². The standard InChI is InChI=1S/C22H28N2O6/c1-3-28-15-29-14-18(13-16(2)21(25)24-27)23-22(26)17-9-11-20(12-10-17)30-19-7-5-4-6-8-19/h4-12,16,18,27H,3,13-15H2,1-2H3,(H,23,26)(H,24,25)/p+1/t16-,18-/m0/s1. The number of hydrogen-bond donors (Lipinski definition) is 3. The van der Waals surface area contributed by atoms with Crippen molar-refractivity contribution in [3.63, 3.8) is 0 Å². The van der Waals surface area contributed by atoms with Gasteiger partial charge in [0.2, 0.25) is 5.91 Å². The van der Waals surface area contributed by atoms with Gasteiger partial charge in [-0.25, -0.2) is 10.3 Å². The molecule has 8 nitrogen and oxygen atoms in total. The lowest BCUT2D eigenvalue weighted by molar-refractivity contribution is -0.599. The van der Waals surface area contributed by atoms with Crippen molar-refractivity contribution in [2.75, 3.05) is 20.0 Å². The number of carbonyl (C=O) groups is 2. The predicted molar refractivity (Wildman–Crippen MR) is 109 cm³/mol. The zero-order valence-electron chi connectivity index (χ0n) is 17.2. The fraction of sp³-hybridized carbons (Fsp3) is 0.364. The van der Waals surface area contributed by atoms with E-state index in [4.69, 9.17) is 19.4 Å². The van der Waals surface area contributed by atoms with Crippen molar-refractivity contribution < 1.29 is 34.3 Å². The van der Waals surface area contributed by atoms with Crippen molar-refractivity contribution in [1.29, 1.82) is 0 Å². The van der Waals surface area contributed by atoms with Gasteiger partial charge < -0.3 is 14.2 Å². The molecule has 2 aromatic rings. The largest absolute Gasteiger partial charge is 0.457 e. The molecule has 4 N–H and O–H groups in total. The highest BCUT2D eigenvalue weighted by Crippen LogP contribution is 2.20. The molecule has 0 unspecified atom stereocenters. The van der Waals surface area contributed by atoms with Gasteiger partial charge in [-0.15, -0.1) is 0 Å². The van der Waals surface area contributed by atoms with Crippen molar-refractivity contribution in [1.82, 2.24) is 5.48 Å². The molecule has 0 radical (unpaired) electrons. The number of carbonyl (C=O) groups excluding carboxylic acids is 2. The minimum absolute atomic E-state index is 0.112. The SMILES string of the molecule is CCOCOC[C@H](C[C@H](C)C(=O)NO)[NH2+]C(=O)c1ccc(Oc2ccccc2)cc1. The first-order valence-corrected chi connectivity index (χ1v) is 9.85. The van der Waals surface area contributed by atoms with Crippen molar-refractivity contribution in [3.8, 4) is 11.5 Å². The Morgan fingerprint density at radius 3 is 2.33 bits per heavy atom. The van der Waals surface area contributed by atoms with Gasteiger partial charge in [0.05, 0.1) is 5.56 Å². The number of ether oxygens (including phenoxy) is 3. The van der Waals surface area contributed by atoms with Gasteiger partial charge in [-0.2, -0.15) is 0 Å². The van der Waals surface area contributed by atoms with Crippen LogP contribution in [0.3, 0.4) is 0 Å². The molecular weight excluding hydrogens is 388 g/mol. The molecule has 0 saturated carbocycles. The van der Waals surface area contributed by atoms with Crippen LogP contribution in [0.25, 0.3) is 0 Å². The van der Waals surface area contributed by atoms with Crippen LogP contribution in [-0.2, 0) is 14.3 Å². The normalized spacial score (nSPS) is 12.8. The minimum atomic E-state index is -0.506. The molecule has 0 fully saturated rings. The molecule has 0 aliphatic rings. The Balaban J connectivity index is 1.97. The van der Waals surface area contributed by atoms with Gasteiger partial charge >= 0.3 is 5.91 Å². The first kappa shape index (κ1) is 23.5. The summed E-state index contributed by atoms with van der Waals surface area (Å²) in [5.41, 5.74) is 2.14. The molecule has 0 aliphatic carbocycles. The van der Waals surface area contributed by atoms with Crippen LogP contribution >= 0.6 is 0 Å². The van der Waals surface area contributed by atoms with Gasteiger partial charge in [-0.05, 0) is 43.3 Å². The molecule has 0 aromatic heterocycles. The van der Waals surface area contributed by atoms with Gasteiger partial charge in [0, 0.05) is 18.9 Å². The highest BCUT2D eigenvalue weighted by Gasteiger charge is 2.25. The zero-order chi connectivity index (χ0) is 21.8. The summed E-state index contributed by atoms with van der Waals surface area (Å²) < 4.78 is 16.3. The van der Waals surface area contributed by atoms with E-state index in [1.54, 1.807) is 42.0 Å². The summed E-state index contributed by atoms with van der Waals surface area (Å²) in [6, 6.07) is 15.9. The summed E-state index contributed by atoms with van der Waals surface area (Å²) in [5.74, 6) is 0.172. The minimum Gasteiger partial charge on any atom is -0.457 e. The fourth-order valence-electron chi connectivity index (χ4n) is 2.82. The topological polar surface area (TPSA) is 111 Å². The van der Waals surface area contributed by atoms with Crippen molar-refractivity contribution in [2.45, 2.75) is 26.3 Å². The summed E-state index contributed by atoms with van der Waals surface area (Å²) >= 11 is 0. The maximum absolute atomic E-state index is 12.7. The predicted octanol–water partition coefficient (Wildman–Crippen LogP) is 2.09. The van der Waals surface area contributed by atoms with Crippen LogP contribution in [-0.4, -0.2) is 43.1 Å². The number of nitrogens with one attached hydrogen (secondary N) is 1. The molecule has 2 aromatic carbocycles. The summed E-state index contributed by atoms with van der Waals surface area (Å²) in [7, 11) is 0. The van der Waals surface area contributed by atoms with Gasteiger partial charge in [0.15, 0.2) is 0 Å². The van der Waals surface area contributed by atoms with Crippen LogP contribution in [0.2, 0.25) is 0 Å². The lowest BCUT2D eigenvalue weighted by Gasteiger charge is -2.18. The highest BCUT2D eigenvalue weighted by molar-refractivity contribution is 5.86. The number of primary amides is 1. The number of benzene rings is 2. The van der Waals surface area contributed by atoms with E-state index in [1.807, 2.05) is 37.3 Å². The van der Waals surface area contributed by atoms with E-state index in [9.17, 15) is 9.59 Å². The monoisotopic (exact) mass is 417 g/mol. The molecule has 162 valence electrons. The smallest absolute Gasteiger partial charge is 0.342 e. The second kappa shape index (κ2) is 12.7. The fourth-order valence-corrected chi connectivity index (χ4v) is 2.82. The van der Waals surface area contributed by atoms with Crippen LogP contribution in [0, 0.1) is 5.92 Å². The molecule has 0 heterocycles. The van der Waals surface area contributed by atoms with Gasteiger partial charge in [0.25, 0.3) is 0 Å². The first-order chi connectivity index (χ1) is 14.5. The molecule has 2 atom stereocenters. The van der Waals surface area contributed by atoms with Crippen molar-refractivity contribution >= 4 is 11.8 Å². The second-order valence-corrected chi connectivity index (χ2v) is 6.82. The van der Waals surface area contributed by atoms with Crippen LogP contribution in [0.15, 0.2) is 54.6 Å². The molecule has 2 amide bonds. The molecule has 0 aliphatic heterocycles. The Morgan fingerprint density at radius 1 is 1.03 bits per heavy atom. The quantitative estimate of drug-likeness (QED) is 0.211. The van der Waals surface area contributed by atoms with Crippen LogP contribution < -0.4 is 15.5 Å². The van der Waals surface area contributed by atoms with E-state index in [0.29, 0.717) is 30.1 Å². The summed E-state index contributed by atoms with van der Waals surface area (Å²) in [6.07, 6.45) is 0.347. The molecule has 0 bridgehead atoms. The van der Waals surface area contributed by atoms with Crippen LogP contribution in [0.5, 0.6) is 11.5 Å². The number of quaternary nitrogens is 1. The van der Waals surface area contributed by atoms with Gasteiger partial charge in [-0.3, -0.25) is 15.3 Å². The Kier molecular flexibility index (Phi) is 9.96. The maximum atomic E-state index is 12.7. The molecule has 8 heteroatoms. The number of rotatable bonds is 12. The lowest BCUT2D eigenvalue weighted by Crippen LogP contribution is -2.94. The molecule has 30 heavy (non-hydrogen) atoms. The van der Waals surface area contributed by atoms with E-state index in [0.717, 1.165) is 0 Å². The van der Waals surface area contributed by atoms with E-state index in [1.165, 1.54) is 0 Å². The van der Waals surface area contributed by atoms with E-state index in [2.05, 4.69) is 0 Å². The zero-order valence-corrected chi connectivity index (χ0v) is 17.2. The lowest BCUT2D eigenvalue weighted by atomic mass is 10.0. The number of para-hydroxylation sites is 1. The third-order valence-corrected chi connectivity index (χ3v) is 4.42. The van der Waals surface area contributed by atoms with Crippen molar-refractivity contribution in [2.24, 2.45) is 5.92 Å². The third-order valence-electron chi connectivity index (χ3n) is 4.42. The highest BCUT2D eigenvalue weighted by atomic mass is 16.7. The summed E-state index contributed by atoms with van der Waals surface area (Å²) in [5, 5.41) is 10.4. The average molecular weight is 417 g/mol. The molecule has 0 spiro atoms. The molecule has 2 rings (SSSR count). The summed E-state index contributed by atoms with van der Waals surface area (Å²) in [4.78, 5) is 24.3. The number of hydrogen-bond acceptors (Lipinski definition) is 6. The van der Waals surface area contributed by atoms with E-state index >= 15 is 0 Å². The Morgan fingerprint density at radius 2 is 1.70 bits per heavy atom. The first-order valence-electron chi connectivity index (χ1n) is 9.85. The Labute approximate surface area is 176 Å². The number of amides is 2. The molecular formula is C22H29N2O6+. The van der Waals surface area contributed by atoms with Crippen LogP contribution in [0.1, 0.15) is 30.6 Å². The Hall–Kier alpha value is -2.78. The van der Waals surface area contributed by atoms with Gasteiger partial charge in [-0.1, -0.05) is 25.1 Å². The summed E-state index contributed by atoms with van der Waals surface area (Å²) in [6.45, 7) is 4.39.